The highest BCUT2D eigenvalue weighted by Crippen LogP contribution is 2.09. The number of benzene rings is 2. The van der Waals surface area contributed by atoms with Crippen LogP contribution in [0.5, 0.6) is 5.75 Å². The van der Waals surface area contributed by atoms with Crippen LogP contribution in [-0.2, 0) is 0 Å². The molecular formula is C15H19NO. The third-order valence-electron chi connectivity index (χ3n) is 2.32. The minimum absolute atomic E-state index is 0.917. The van der Waals surface area contributed by atoms with Crippen LogP contribution in [0.2, 0.25) is 0 Å². The summed E-state index contributed by atoms with van der Waals surface area (Å²) >= 11 is 0. The first kappa shape index (κ1) is 13.1. The number of methoxy groups -OCH3 is 1. The number of hydrogen-bond acceptors (Lipinski definition) is 2. The summed E-state index contributed by atoms with van der Waals surface area (Å²) in [6.07, 6.45) is 0. The lowest BCUT2D eigenvalue weighted by Crippen LogP contribution is -1.84. The first-order valence-electron chi connectivity index (χ1n) is 5.59. The predicted molar refractivity (Wildman–Crippen MR) is 73.7 cm³/mol. The highest BCUT2D eigenvalue weighted by atomic mass is 16.5. The van der Waals surface area contributed by atoms with Crippen molar-refractivity contribution < 1.29 is 4.74 Å². The van der Waals surface area contributed by atoms with E-state index in [1.807, 2.05) is 61.6 Å². The monoisotopic (exact) mass is 229 g/mol. The highest BCUT2D eigenvalue weighted by Gasteiger charge is 1.85. The molecule has 0 saturated carbocycles. The van der Waals surface area contributed by atoms with Gasteiger partial charge in [-0.05, 0) is 31.2 Å². The zero-order chi connectivity index (χ0) is 12.5. The summed E-state index contributed by atoms with van der Waals surface area (Å²) in [6.45, 7) is 2.06. The normalized spacial score (nSPS) is 8.88. The topological polar surface area (TPSA) is 21.3 Å². The summed E-state index contributed by atoms with van der Waals surface area (Å²) in [5, 5.41) is 3.03. The van der Waals surface area contributed by atoms with Gasteiger partial charge in [-0.1, -0.05) is 35.9 Å². The van der Waals surface area contributed by atoms with Crippen molar-refractivity contribution in [3.05, 3.63) is 60.2 Å². The Morgan fingerprint density at radius 2 is 1.47 bits per heavy atom. The summed E-state index contributed by atoms with van der Waals surface area (Å²) in [5.74, 6) is 0.917. The van der Waals surface area contributed by atoms with E-state index in [0.29, 0.717) is 0 Å². The van der Waals surface area contributed by atoms with E-state index in [-0.39, 0.29) is 0 Å². The smallest absolute Gasteiger partial charge is 0.118 e. The van der Waals surface area contributed by atoms with Gasteiger partial charge >= 0.3 is 0 Å². The minimum atomic E-state index is 0.917. The quantitative estimate of drug-likeness (QED) is 0.847. The van der Waals surface area contributed by atoms with Crippen molar-refractivity contribution in [1.82, 2.24) is 0 Å². The van der Waals surface area contributed by atoms with Gasteiger partial charge in [-0.15, -0.1) is 0 Å². The standard InChI is InChI=1S/C8H10O.C7H9N/c1-7-3-5-8(9-2)6-4-7;1-8-7-5-3-2-4-6-7/h3-6H,1-2H3;2-6,8H,1H3. The molecule has 0 saturated heterocycles. The number of para-hydroxylation sites is 1. The molecule has 0 bridgehead atoms. The Labute approximate surface area is 103 Å². The van der Waals surface area contributed by atoms with Crippen LogP contribution in [0.4, 0.5) is 5.69 Å². The van der Waals surface area contributed by atoms with Crippen LogP contribution in [0.15, 0.2) is 54.6 Å². The maximum atomic E-state index is 4.97. The molecule has 0 aromatic heterocycles. The average molecular weight is 229 g/mol. The second kappa shape index (κ2) is 7.34. The van der Waals surface area contributed by atoms with Gasteiger partial charge in [0.05, 0.1) is 7.11 Å². The fourth-order valence-corrected chi connectivity index (χ4v) is 1.28. The fraction of sp³-hybridized carbons (Fsp3) is 0.200. The lowest BCUT2D eigenvalue weighted by atomic mass is 10.2. The summed E-state index contributed by atoms with van der Waals surface area (Å²) in [4.78, 5) is 0. The molecule has 2 heteroatoms. The van der Waals surface area contributed by atoms with Crippen molar-refractivity contribution in [3.8, 4) is 5.75 Å². The molecule has 0 heterocycles. The van der Waals surface area contributed by atoms with Gasteiger partial charge in [0, 0.05) is 12.7 Å². The van der Waals surface area contributed by atoms with Gasteiger partial charge in [0.1, 0.15) is 5.75 Å². The van der Waals surface area contributed by atoms with Crippen molar-refractivity contribution in [2.45, 2.75) is 6.92 Å². The summed E-state index contributed by atoms with van der Waals surface area (Å²) in [5.41, 5.74) is 2.42. The molecular weight excluding hydrogens is 210 g/mol. The molecule has 2 aromatic rings. The summed E-state index contributed by atoms with van der Waals surface area (Å²) < 4.78 is 4.97. The first-order valence-corrected chi connectivity index (χ1v) is 5.59. The molecule has 0 atom stereocenters. The van der Waals surface area contributed by atoms with E-state index in [1.165, 1.54) is 5.56 Å². The van der Waals surface area contributed by atoms with Crippen LogP contribution in [0.1, 0.15) is 5.56 Å². The maximum Gasteiger partial charge on any atom is 0.118 e. The second-order valence-corrected chi connectivity index (χ2v) is 3.63. The van der Waals surface area contributed by atoms with Crippen LogP contribution in [0.25, 0.3) is 0 Å². The Bertz CT molecular complexity index is 409. The number of aryl methyl sites for hydroxylation is 1. The van der Waals surface area contributed by atoms with Crippen molar-refractivity contribution in [1.29, 1.82) is 0 Å². The third-order valence-corrected chi connectivity index (χ3v) is 2.32. The molecule has 0 aliphatic carbocycles. The highest BCUT2D eigenvalue weighted by molar-refractivity contribution is 5.41. The number of nitrogens with one attached hydrogen (secondary N) is 1. The van der Waals surface area contributed by atoms with Crippen LogP contribution >= 0.6 is 0 Å². The van der Waals surface area contributed by atoms with Crippen LogP contribution in [0.3, 0.4) is 0 Å². The van der Waals surface area contributed by atoms with Gasteiger partial charge in [-0.3, -0.25) is 0 Å². The van der Waals surface area contributed by atoms with Gasteiger partial charge in [-0.2, -0.15) is 0 Å². The largest absolute Gasteiger partial charge is 0.497 e. The Morgan fingerprint density at radius 3 is 1.88 bits per heavy atom. The molecule has 0 amide bonds. The van der Waals surface area contributed by atoms with E-state index in [9.17, 15) is 0 Å². The Morgan fingerprint density at radius 1 is 0.882 bits per heavy atom. The van der Waals surface area contributed by atoms with Gasteiger partial charge in [0.15, 0.2) is 0 Å². The van der Waals surface area contributed by atoms with E-state index in [0.717, 1.165) is 11.4 Å². The molecule has 0 unspecified atom stereocenters. The van der Waals surface area contributed by atoms with Crippen LogP contribution in [0, 0.1) is 6.92 Å². The zero-order valence-electron chi connectivity index (χ0n) is 10.6. The molecule has 2 nitrogen and oxygen atoms in total. The molecule has 0 aliphatic rings. The van der Waals surface area contributed by atoms with Crippen molar-refractivity contribution in [2.24, 2.45) is 0 Å². The number of anilines is 1. The van der Waals surface area contributed by atoms with Crippen LogP contribution in [-0.4, -0.2) is 14.2 Å². The molecule has 0 radical (unpaired) electrons. The van der Waals surface area contributed by atoms with E-state index < -0.39 is 0 Å². The summed E-state index contributed by atoms with van der Waals surface area (Å²) in [6, 6.07) is 18.0. The van der Waals surface area contributed by atoms with Gasteiger partial charge in [-0.25, -0.2) is 0 Å². The number of rotatable bonds is 2. The molecule has 2 aromatic carbocycles. The molecule has 0 aliphatic heterocycles. The van der Waals surface area contributed by atoms with Gasteiger partial charge < -0.3 is 10.1 Å². The van der Waals surface area contributed by atoms with Crippen molar-refractivity contribution >= 4 is 5.69 Å². The molecule has 90 valence electrons. The first-order chi connectivity index (χ1) is 8.26. The SMILES string of the molecule is CNc1ccccc1.COc1ccc(C)cc1. The number of ether oxygens (including phenoxy) is 1. The molecule has 17 heavy (non-hydrogen) atoms. The zero-order valence-corrected chi connectivity index (χ0v) is 10.6. The lowest BCUT2D eigenvalue weighted by Gasteiger charge is -1.97. The Balaban J connectivity index is 0.000000171. The van der Waals surface area contributed by atoms with Gasteiger partial charge in [0.25, 0.3) is 0 Å². The maximum absolute atomic E-state index is 4.97. The van der Waals surface area contributed by atoms with E-state index >= 15 is 0 Å². The lowest BCUT2D eigenvalue weighted by molar-refractivity contribution is 0.414. The molecule has 2 rings (SSSR count). The van der Waals surface area contributed by atoms with E-state index in [2.05, 4.69) is 12.2 Å². The van der Waals surface area contributed by atoms with Gasteiger partial charge in [0.2, 0.25) is 0 Å². The van der Waals surface area contributed by atoms with Crippen molar-refractivity contribution in [3.63, 3.8) is 0 Å². The fourth-order valence-electron chi connectivity index (χ4n) is 1.28. The van der Waals surface area contributed by atoms with Crippen molar-refractivity contribution in [2.75, 3.05) is 19.5 Å². The second-order valence-electron chi connectivity index (χ2n) is 3.63. The minimum Gasteiger partial charge on any atom is -0.497 e. The molecule has 1 N–H and O–H groups in total. The van der Waals surface area contributed by atoms with E-state index in [4.69, 9.17) is 4.74 Å². The predicted octanol–water partition coefficient (Wildman–Crippen LogP) is 3.73. The van der Waals surface area contributed by atoms with Crippen LogP contribution < -0.4 is 10.1 Å². The average Bonchev–Trinajstić information content (AvgIpc) is 2.41. The Kier molecular flexibility index (Phi) is 5.66. The molecule has 0 spiro atoms. The van der Waals surface area contributed by atoms with E-state index in [1.54, 1.807) is 7.11 Å². The summed E-state index contributed by atoms with van der Waals surface area (Å²) in [7, 11) is 3.58. The number of hydrogen-bond donors (Lipinski definition) is 1. The molecule has 0 fully saturated rings. The Hall–Kier alpha value is -1.96. The third kappa shape index (κ3) is 5.07.